The van der Waals surface area contributed by atoms with E-state index in [-0.39, 0.29) is 29.1 Å². The highest BCUT2D eigenvalue weighted by atomic mass is 19.4. The van der Waals surface area contributed by atoms with Crippen molar-refractivity contribution in [3.05, 3.63) is 71.6 Å². The van der Waals surface area contributed by atoms with Gasteiger partial charge in [0, 0.05) is 11.1 Å². The van der Waals surface area contributed by atoms with Gasteiger partial charge in [-0.2, -0.15) is 18.2 Å². The Balaban J connectivity index is 1.88. The van der Waals surface area contributed by atoms with Crippen LogP contribution in [-0.2, 0) is 6.18 Å². The van der Waals surface area contributed by atoms with Crippen LogP contribution < -0.4 is 5.32 Å². The molecule has 1 aromatic heterocycles. The Bertz CT molecular complexity index is 971. The average molecular weight is 403 g/mol. The van der Waals surface area contributed by atoms with Crippen molar-refractivity contribution >= 4 is 5.91 Å². The van der Waals surface area contributed by atoms with Crippen LogP contribution >= 0.6 is 0 Å². The molecule has 0 spiro atoms. The van der Waals surface area contributed by atoms with Crippen molar-refractivity contribution in [3.63, 3.8) is 0 Å². The van der Waals surface area contributed by atoms with Crippen LogP contribution in [-0.4, -0.2) is 16.0 Å². The number of halogens is 3. The molecule has 29 heavy (non-hydrogen) atoms. The Hall–Kier alpha value is -3.16. The molecule has 0 aliphatic carbocycles. The molecule has 1 N–H and O–H groups in total. The van der Waals surface area contributed by atoms with Gasteiger partial charge in [-0.1, -0.05) is 55.8 Å². The molecule has 8 heteroatoms. The van der Waals surface area contributed by atoms with E-state index < -0.39 is 17.8 Å². The maximum absolute atomic E-state index is 13.0. The van der Waals surface area contributed by atoms with Crippen LogP contribution in [0.1, 0.15) is 48.1 Å². The first-order valence-electron chi connectivity index (χ1n) is 9.16. The summed E-state index contributed by atoms with van der Waals surface area (Å²) in [6.45, 7) is 3.88. The van der Waals surface area contributed by atoms with Crippen LogP contribution in [0.3, 0.4) is 0 Å². The fourth-order valence-corrected chi connectivity index (χ4v) is 2.81. The van der Waals surface area contributed by atoms with Crippen molar-refractivity contribution in [2.45, 2.75) is 32.5 Å². The number of amides is 1. The molecule has 3 aromatic rings. The van der Waals surface area contributed by atoms with Gasteiger partial charge < -0.3 is 9.84 Å². The van der Waals surface area contributed by atoms with E-state index in [0.29, 0.717) is 5.56 Å². The smallest absolute Gasteiger partial charge is 0.340 e. The molecule has 0 unspecified atom stereocenters. The van der Waals surface area contributed by atoms with Crippen LogP contribution in [0, 0.1) is 5.92 Å². The molecule has 2 atom stereocenters. The fourth-order valence-electron chi connectivity index (χ4n) is 2.81. The second kappa shape index (κ2) is 8.46. The minimum absolute atomic E-state index is 0.0301. The van der Waals surface area contributed by atoms with Crippen molar-refractivity contribution in [3.8, 4) is 11.4 Å². The van der Waals surface area contributed by atoms with E-state index in [1.165, 1.54) is 12.1 Å². The zero-order valence-electron chi connectivity index (χ0n) is 15.9. The molecular weight excluding hydrogens is 383 g/mol. The van der Waals surface area contributed by atoms with Crippen molar-refractivity contribution in [2.24, 2.45) is 5.92 Å². The van der Waals surface area contributed by atoms with E-state index in [4.69, 9.17) is 4.52 Å². The number of carbonyl (C=O) groups excluding carboxylic acids is 1. The summed E-state index contributed by atoms with van der Waals surface area (Å²) in [6.07, 6.45) is -3.74. The lowest BCUT2D eigenvalue weighted by Gasteiger charge is -2.20. The Morgan fingerprint density at radius 2 is 1.86 bits per heavy atom. The minimum atomic E-state index is -4.47. The van der Waals surface area contributed by atoms with Crippen LogP contribution in [0.15, 0.2) is 59.1 Å². The third-order valence-electron chi connectivity index (χ3n) is 4.69. The number of alkyl halides is 3. The van der Waals surface area contributed by atoms with Gasteiger partial charge in [-0.3, -0.25) is 4.79 Å². The molecule has 5 nitrogen and oxygen atoms in total. The largest absolute Gasteiger partial charge is 0.416 e. The minimum Gasteiger partial charge on any atom is -0.340 e. The van der Waals surface area contributed by atoms with E-state index in [2.05, 4.69) is 15.5 Å². The van der Waals surface area contributed by atoms with E-state index in [9.17, 15) is 18.0 Å². The summed E-state index contributed by atoms with van der Waals surface area (Å²) in [5.74, 6) is -0.142. The number of aromatic nitrogens is 2. The fraction of sp³-hybridized carbons (Fsp3) is 0.286. The number of carbonyl (C=O) groups is 1. The summed E-state index contributed by atoms with van der Waals surface area (Å²) >= 11 is 0. The predicted molar refractivity (Wildman–Crippen MR) is 101 cm³/mol. The summed E-state index contributed by atoms with van der Waals surface area (Å²) < 4.78 is 44.2. The molecule has 0 radical (unpaired) electrons. The Morgan fingerprint density at radius 3 is 2.52 bits per heavy atom. The number of rotatable bonds is 6. The lowest BCUT2D eigenvalue weighted by atomic mass is 9.98. The monoisotopic (exact) mass is 403 g/mol. The average Bonchev–Trinajstić information content (AvgIpc) is 3.21. The number of hydrogen-bond donors (Lipinski definition) is 1. The van der Waals surface area contributed by atoms with Gasteiger partial charge >= 0.3 is 6.18 Å². The molecule has 0 saturated carbocycles. The Morgan fingerprint density at radius 1 is 1.14 bits per heavy atom. The van der Waals surface area contributed by atoms with Gasteiger partial charge in [0.25, 0.3) is 5.91 Å². The highest BCUT2D eigenvalue weighted by Crippen LogP contribution is 2.32. The second-order valence-corrected chi connectivity index (χ2v) is 6.74. The van der Waals surface area contributed by atoms with Crippen molar-refractivity contribution in [2.75, 3.05) is 0 Å². The van der Waals surface area contributed by atoms with Gasteiger partial charge in [0.1, 0.15) is 6.04 Å². The summed E-state index contributed by atoms with van der Waals surface area (Å²) in [6, 6.07) is 12.8. The van der Waals surface area contributed by atoms with Gasteiger partial charge in [0.15, 0.2) is 0 Å². The number of nitrogens with zero attached hydrogens (tertiary/aromatic N) is 2. The van der Waals surface area contributed by atoms with E-state index in [1.807, 2.05) is 19.9 Å². The number of benzene rings is 2. The molecule has 0 bridgehead atoms. The molecule has 1 heterocycles. The first kappa shape index (κ1) is 20.6. The van der Waals surface area contributed by atoms with Gasteiger partial charge in [0.2, 0.25) is 11.7 Å². The van der Waals surface area contributed by atoms with Crippen LogP contribution in [0.4, 0.5) is 13.2 Å². The number of hydrogen-bond acceptors (Lipinski definition) is 4. The summed E-state index contributed by atoms with van der Waals surface area (Å²) in [4.78, 5) is 16.8. The molecule has 0 fully saturated rings. The molecular formula is C21H20F3N3O2. The molecule has 2 aromatic carbocycles. The molecule has 152 valence electrons. The van der Waals surface area contributed by atoms with E-state index >= 15 is 0 Å². The molecule has 0 saturated heterocycles. The number of nitrogens with one attached hydrogen (secondary N) is 1. The maximum atomic E-state index is 13.0. The zero-order chi connectivity index (χ0) is 21.0. The summed E-state index contributed by atoms with van der Waals surface area (Å²) in [5, 5.41) is 6.71. The summed E-state index contributed by atoms with van der Waals surface area (Å²) in [5.41, 5.74) is -0.122. The highest BCUT2D eigenvalue weighted by molar-refractivity contribution is 5.94. The van der Waals surface area contributed by atoms with Crippen molar-refractivity contribution < 1.29 is 22.5 Å². The Labute approximate surface area is 165 Å². The van der Waals surface area contributed by atoms with Crippen molar-refractivity contribution in [1.29, 1.82) is 0 Å². The first-order chi connectivity index (χ1) is 13.8. The first-order valence-corrected chi connectivity index (χ1v) is 9.16. The van der Waals surface area contributed by atoms with Crippen LogP contribution in [0.5, 0.6) is 0 Å². The maximum Gasteiger partial charge on any atom is 0.416 e. The van der Waals surface area contributed by atoms with Gasteiger partial charge in [-0.15, -0.1) is 0 Å². The summed E-state index contributed by atoms with van der Waals surface area (Å²) in [7, 11) is 0. The van der Waals surface area contributed by atoms with E-state index in [1.54, 1.807) is 24.3 Å². The SMILES string of the molecule is CC[C@@H](C)[C@H](NC(=O)c1ccccc1)c1nc(-c2cccc(C(F)(F)F)c2)no1. The van der Waals surface area contributed by atoms with Gasteiger partial charge in [0.05, 0.1) is 5.56 Å². The van der Waals surface area contributed by atoms with Crippen LogP contribution in [0.25, 0.3) is 11.4 Å². The molecule has 0 aliphatic heterocycles. The zero-order valence-corrected chi connectivity index (χ0v) is 15.9. The standard InChI is InChI=1S/C21H20F3N3O2/c1-3-13(2)17(25-19(28)14-8-5-4-6-9-14)20-26-18(27-29-20)15-10-7-11-16(12-15)21(22,23)24/h4-13,17H,3H2,1-2H3,(H,25,28)/t13-,17+/m1/s1. The Kier molecular flexibility index (Phi) is 6.00. The molecule has 3 rings (SSSR count). The lowest BCUT2D eigenvalue weighted by molar-refractivity contribution is -0.137. The topological polar surface area (TPSA) is 68.0 Å². The third-order valence-corrected chi connectivity index (χ3v) is 4.69. The van der Waals surface area contributed by atoms with Crippen molar-refractivity contribution in [1.82, 2.24) is 15.5 Å². The predicted octanol–water partition coefficient (Wildman–Crippen LogP) is 5.27. The third kappa shape index (κ3) is 4.82. The van der Waals surface area contributed by atoms with Crippen LogP contribution in [0.2, 0.25) is 0 Å². The highest BCUT2D eigenvalue weighted by Gasteiger charge is 2.31. The quantitative estimate of drug-likeness (QED) is 0.609. The van der Waals surface area contributed by atoms with Gasteiger partial charge in [-0.05, 0) is 30.2 Å². The normalized spacial score (nSPS) is 13.7. The molecule has 0 aliphatic rings. The lowest BCUT2D eigenvalue weighted by Crippen LogP contribution is -2.32. The molecule has 1 amide bonds. The van der Waals surface area contributed by atoms with Gasteiger partial charge in [-0.25, -0.2) is 0 Å². The second-order valence-electron chi connectivity index (χ2n) is 6.74. The van der Waals surface area contributed by atoms with E-state index in [0.717, 1.165) is 18.6 Å².